The molecule has 0 radical (unpaired) electrons. The Balaban J connectivity index is 2.03. The van der Waals surface area contributed by atoms with Crippen molar-refractivity contribution < 1.29 is 9.59 Å². The Labute approximate surface area is 90.8 Å². The maximum absolute atomic E-state index is 11.8. The van der Waals surface area contributed by atoms with Gasteiger partial charge < -0.3 is 4.90 Å². The minimum absolute atomic E-state index is 0.151. The number of ketones is 2. The molecule has 0 unspecified atom stereocenters. The fraction of sp³-hybridized carbons (Fsp3) is 0.833. The second kappa shape index (κ2) is 3.71. The normalized spacial score (nSPS) is 26.9. The lowest BCUT2D eigenvalue weighted by molar-refractivity contribution is -0.128. The molecule has 1 aliphatic heterocycles. The lowest BCUT2D eigenvalue weighted by Gasteiger charge is -2.39. The third-order valence-electron chi connectivity index (χ3n) is 3.97. The number of carbonyl (C=O) groups excluding carboxylic acids is 2. The topological polar surface area (TPSA) is 37.4 Å². The number of hydrogen-bond donors (Lipinski definition) is 0. The highest BCUT2D eigenvalue weighted by Gasteiger charge is 2.47. The Bertz CT molecular complexity index is 288. The van der Waals surface area contributed by atoms with Crippen LogP contribution in [0.2, 0.25) is 0 Å². The van der Waals surface area contributed by atoms with E-state index in [0.717, 1.165) is 25.9 Å². The van der Waals surface area contributed by atoms with Crippen LogP contribution in [0.4, 0.5) is 0 Å². The van der Waals surface area contributed by atoms with Crippen molar-refractivity contribution in [3.8, 4) is 0 Å². The van der Waals surface area contributed by atoms with Gasteiger partial charge in [-0.3, -0.25) is 9.59 Å². The summed E-state index contributed by atoms with van der Waals surface area (Å²) in [5.74, 6) is 0.355. The number of hydrogen-bond acceptors (Lipinski definition) is 3. The zero-order chi connectivity index (χ0) is 11.1. The summed E-state index contributed by atoms with van der Waals surface area (Å²) in [4.78, 5) is 25.5. The molecule has 1 saturated carbocycles. The van der Waals surface area contributed by atoms with Crippen molar-refractivity contribution in [3.05, 3.63) is 0 Å². The van der Waals surface area contributed by atoms with Crippen molar-refractivity contribution in [1.82, 2.24) is 4.90 Å². The van der Waals surface area contributed by atoms with Crippen LogP contribution >= 0.6 is 0 Å². The standard InChI is InChI=1S/C12H19NO2/c1-9(2)13-5-3-12(4-6-13)8-10(14)7-11(12)15/h9H,3-8H2,1-2H3. The van der Waals surface area contributed by atoms with E-state index in [1.807, 2.05) is 0 Å². The van der Waals surface area contributed by atoms with Crippen LogP contribution in [0.5, 0.6) is 0 Å². The van der Waals surface area contributed by atoms with E-state index in [2.05, 4.69) is 18.7 Å². The van der Waals surface area contributed by atoms with Gasteiger partial charge in [-0.05, 0) is 39.8 Å². The van der Waals surface area contributed by atoms with E-state index in [-0.39, 0.29) is 23.4 Å². The van der Waals surface area contributed by atoms with Gasteiger partial charge in [0.2, 0.25) is 0 Å². The molecule has 0 bridgehead atoms. The first-order chi connectivity index (χ1) is 7.03. The van der Waals surface area contributed by atoms with E-state index >= 15 is 0 Å². The summed E-state index contributed by atoms with van der Waals surface area (Å²) >= 11 is 0. The highest BCUT2D eigenvalue weighted by molar-refractivity contribution is 6.09. The van der Waals surface area contributed by atoms with E-state index in [4.69, 9.17) is 0 Å². The SMILES string of the molecule is CC(C)N1CCC2(CC1)CC(=O)CC2=O. The number of carbonyl (C=O) groups is 2. The average Bonchev–Trinajstić information content (AvgIpc) is 2.42. The minimum Gasteiger partial charge on any atom is -0.301 e. The molecule has 2 rings (SSSR count). The maximum atomic E-state index is 11.8. The lowest BCUT2D eigenvalue weighted by atomic mass is 9.76. The van der Waals surface area contributed by atoms with Gasteiger partial charge >= 0.3 is 0 Å². The molecule has 0 amide bonds. The van der Waals surface area contributed by atoms with Crippen molar-refractivity contribution in [2.75, 3.05) is 13.1 Å². The van der Waals surface area contributed by atoms with E-state index in [0.29, 0.717) is 12.5 Å². The van der Waals surface area contributed by atoms with Gasteiger partial charge in [-0.1, -0.05) is 0 Å². The molecular formula is C12H19NO2. The summed E-state index contributed by atoms with van der Waals surface area (Å²) in [7, 11) is 0. The quantitative estimate of drug-likeness (QED) is 0.613. The van der Waals surface area contributed by atoms with Gasteiger partial charge in [0.1, 0.15) is 11.6 Å². The fourth-order valence-corrected chi connectivity index (χ4v) is 2.83. The molecule has 0 N–H and O–H groups in total. The van der Waals surface area contributed by atoms with Gasteiger partial charge in [-0.2, -0.15) is 0 Å². The monoisotopic (exact) mass is 209 g/mol. The summed E-state index contributed by atoms with van der Waals surface area (Å²) in [6, 6.07) is 0.551. The van der Waals surface area contributed by atoms with Crippen LogP contribution in [0.15, 0.2) is 0 Å². The molecule has 3 heteroatoms. The van der Waals surface area contributed by atoms with Gasteiger partial charge in [0.05, 0.1) is 6.42 Å². The molecule has 3 nitrogen and oxygen atoms in total. The molecule has 0 aromatic rings. The number of likely N-dealkylation sites (tertiary alicyclic amines) is 1. The van der Waals surface area contributed by atoms with E-state index < -0.39 is 0 Å². The van der Waals surface area contributed by atoms with Gasteiger partial charge in [0.15, 0.2) is 0 Å². The highest BCUT2D eigenvalue weighted by atomic mass is 16.2. The highest BCUT2D eigenvalue weighted by Crippen LogP contribution is 2.42. The Morgan fingerprint density at radius 3 is 2.20 bits per heavy atom. The summed E-state index contributed by atoms with van der Waals surface area (Å²) in [6.45, 7) is 6.30. The van der Waals surface area contributed by atoms with Gasteiger partial charge in [-0.25, -0.2) is 0 Å². The average molecular weight is 209 g/mol. The second-order valence-corrected chi connectivity index (χ2v) is 5.23. The van der Waals surface area contributed by atoms with Crippen LogP contribution in [-0.2, 0) is 9.59 Å². The smallest absolute Gasteiger partial charge is 0.146 e. The summed E-state index contributed by atoms with van der Waals surface area (Å²) in [5, 5.41) is 0. The summed E-state index contributed by atoms with van der Waals surface area (Å²) in [6.07, 6.45) is 2.48. The van der Waals surface area contributed by atoms with Crippen molar-refractivity contribution in [2.24, 2.45) is 5.41 Å². The first-order valence-corrected chi connectivity index (χ1v) is 5.82. The largest absolute Gasteiger partial charge is 0.301 e. The summed E-state index contributed by atoms with van der Waals surface area (Å²) in [5.41, 5.74) is -0.261. The van der Waals surface area contributed by atoms with E-state index in [1.165, 1.54) is 0 Å². The first-order valence-electron chi connectivity index (χ1n) is 5.82. The number of rotatable bonds is 1. The van der Waals surface area contributed by atoms with E-state index in [9.17, 15) is 9.59 Å². The lowest BCUT2D eigenvalue weighted by Crippen LogP contribution is -2.44. The molecule has 0 aromatic carbocycles. The van der Waals surface area contributed by atoms with Crippen LogP contribution in [-0.4, -0.2) is 35.6 Å². The molecule has 2 fully saturated rings. The third kappa shape index (κ3) is 1.85. The van der Waals surface area contributed by atoms with E-state index in [1.54, 1.807) is 0 Å². The zero-order valence-electron chi connectivity index (χ0n) is 9.58. The molecule has 0 atom stereocenters. The third-order valence-corrected chi connectivity index (χ3v) is 3.97. The van der Waals surface area contributed by atoms with Crippen LogP contribution in [0.1, 0.15) is 39.5 Å². The molecule has 2 aliphatic rings. The molecule has 1 spiro atoms. The Morgan fingerprint density at radius 2 is 1.80 bits per heavy atom. The van der Waals surface area contributed by atoms with Crippen LogP contribution in [0.25, 0.3) is 0 Å². The predicted molar refractivity (Wildman–Crippen MR) is 57.6 cm³/mol. The van der Waals surface area contributed by atoms with Crippen LogP contribution < -0.4 is 0 Å². The Hall–Kier alpha value is -0.700. The molecular weight excluding hydrogens is 190 g/mol. The number of piperidine rings is 1. The van der Waals surface area contributed by atoms with Crippen molar-refractivity contribution >= 4 is 11.6 Å². The predicted octanol–water partition coefficient (Wildman–Crippen LogP) is 1.41. The van der Waals surface area contributed by atoms with Gasteiger partial charge in [0.25, 0.3) is 0 Å². The molecule has 1 heterocycles. The van der Waals surface area contributed by atoms with Gasteiger partial charge in [-0.15, -0.1) is 0 Å². The fourth-order valence-electron chi connectivity index (χ4n) is 2.83. The first kappa shape index (κ1) is 10.8. The molecule has 15 heavy (non-hydrogen) atoms. The zero-order valence-corrected chi connectivity index (χ0v) is 9.58. The molecule has 1 aliphatic carbocycles. The second-order valence-electron chi connectivity index (χ2n) is 5.23. The number of Topliss-reactive ketones (excluding diaryl/α,β-unsaturated/α-hetero) is 2. The molecule has 1 saturated heterocycles. The Kier molecular flexibility index (Phi) is 2.67. The van der Waals surface area contributed by atoms with Crippen LogP contribution in [0, 0.1) is 5.41 Å². The van der Waals surface area contributed by atoms with Gasteiger partial charge in [0, 0.05) is 17.9 Å². The van der Waals surface area contributed by atoms with Crippen molar-refractivity contribution in [1.29, 1.82) is 0 Å². The Morgan fingerprint density at radius 1 is 1.20 bits per heavy atom. The van der Waals surface area contributed by atoms with Crippen molar-refractivity contribution in [2.45, 2.75) is 45.6 Å². The summed E-state index contributed by atoms with van der Waals surface area (Å²) < 4.78 is 0. The van der Waals surface area contributed by atoms with Crippen LogP contribution in [0.3, 0.4) is 0 Å². The molecule has 84 valence electrons. The maximum Gasteiger partial charge on any atom is 0.146 e. The molecule has 0 aromatic heterocycles. The number of nitrogens with zero attached hydrogens (tertiary/aromatic N) is 1. The van der Waals surface area contributed by atoms with Crippen molar-refractivity contribution in [3.63, 3.8) is 0 Å². The minimum atomic E-state index is -0.261.